The molecule has 0 aliphatic heterocycles. The molecule has 100 valence electrons. The second kappa shape index (κ2) is 5.00. The summed E-state index contributed by atoms with van der Waals surface area (Å²) < 4.78 is 5.13. The first-order chi connectivity index (χ1) is 9.78. The number of aromatic nitrogens is 4. The Labute approximate surface area is 115 Å². The van der Waals surface area contributed by atoms with Crippen LogP contribution in [0.25, 0.3) is 22.9 Å². The van der Waals surface area contributed by atoms with Crippen LogP contribution in [0.1, 0.15) is 0 Å². The molecule has 0 bridgehead atoms. The van der Waals surface area contributed by atoms with E-state index in [4.69, 9.17) is 10.5 Å². The second-order valence-electron chi connectivity index (χ2n) is 4.18. The number of nitrogens with two attached hydrogens (primary N) is 1. The highest BCUT2D eigenvalue weighted by atomic mass is 16.5. The third-order valence-corrected chi connectivity index (χ3v) is 2.88. The predicted molar refractivity (Wildman–Crippen MR) is 76.0 cm³/mol. The zero-order valence-corrected chi connectivity index (χ0v) is 10.9. The number of benzene rings is 1. The van der Waals surface area contributed by atoms with E-state index >= 15 is 0 Å². The lowest BCUT2D eigenvalue weighted by molar-refractivity contribution is 0.417. The van der Waals surface area contributed by atoms with Gasteiger partial charge in [-0.15, -0.1) is 0 Å². The maximum absolute atomic E-state index is 5.88. The molecule has 0 spiro atoms. The number of rotatable bonds is 3. The summed E-state index contributed by atoms with van der Waals surface area (Å²) in [6.45, 7) is 0. The maximum atomic E-state index is 5.88. The molecule has 6 nitrogen and oxygen atoms in total. The number of aromatic amines is 1. The van der Waals surface area contributed by atoms with Crippen LogP contribution in [0.15, 0.2) is 42.6 Å². The summed E-state index contributed by atoms with van der Waals surface area (Å²) in [5, 5.41) is 7.06. The molecule has 0 aliphatic carbocycles. The van der Waals surface area contributed by atoms with Crippen molar-refractivity contribution in [3.05, 3.63) is 42.6 Å². The molecule has 0 amide bonds. The highest BCUT2D eigenvalue weighted by Crippen LogP contribution is 2.27. The van der Waals surface area contributed by atoms with Gasteiger partial charge in [-0.1, -0.05) is 6.07 Å². The smallest absolute Gasteiger partial charge is 0.181 e. The molecule has 0 atom stereocenters. The molecule has 3 rings (SSSR count). The minimum absolute atomic E-state index is 0.550. The molecule has 2 aromatic heterocycles. The van der Waals surface area contributed by atoms with Crippen molar-refractivity contribution in [3.63, 3.8) is 0 Å². The van der Waals surface area contributed by atoms with Gasteiger partial charge in [0.15, 0.2) is 11.6 Å². The predicted octanol–water partition coefficient (Wildman–Crippen LogP) is 2.12. The number of pyridine rings is 1. The third-order valence-electron chi connectivity index (χ3n) is 2.88. The number of methoxy groups -OCH3 is 1. The van der Waals surface area contributed by atoms with E-state index in [0.717, 1.165) is 11.3 Å². The number of H-pyrrole nitrogens is 1. The molecule has 1 aromatic carbocycles. The van der Waals surface area contributed by atoms with Crippen molar-refractivity contribution >= 4 is 5.69 Å². The van der Waals surface area contributed by atoms with Gasteiger partial charge in [0, 0.05) is 11.8 Å². The summed E-state index contributed by atoms with van der Waals surface area (Å²) in [5.74, 6) is 1.82. The van der Waals surface area contributed by atoms with Crippen molar-refractivity contribution in [2.45, 2.75) is 0 Å². The van der Waals surface area contributed by atoms with Gasteiger partial charge in [-0.2, -0.15) is 5.10 Å². The van der Waals surface area contributed by atoms with Crippen molar-refractivity contribution in [2.75, 3.05) is 12.8 Å². The van der Waals surface area contributed by atoms with Crippen molar-refractivity contribution in [1.82, 2.24) is 20.2 Å². The van der Waals surface area contributed by atoms with Crippen LogP contribution in [0.3, 0.4) is 0 Å². The number of nitrogens with one attached hydrogen (secondary N) is 1. The first-order valence-electron chi connectivity index (χ1n) is 6.05. The van der Waals surface area contributed by atoms with E-state index in [1.165, 1.54) is 0 Å². The minimum atomic E-state index is 0.550. The lowest BCUT2D eigenvalue weighted by Crippen LogP contribution is -1.93. The van der Waals surface area contributed by atoms with Gasteiger partial charge >= 0.3 is 0 Å². The molecule has 2 heterocycles. The molecule has 0 saturated carbocycles. The molecule has 20 heavy (non-hydrogen) atoms. The SMILES string of the molecule is COc1ccc(-c2n[nH]c(-c3ccccn3)n2)cc1N. The number of hydrogen-bond donors (Lipinski definition) is 2. The second-order valence-corrected chi connectivity index (χ2v) is 4.18. The number of nitrogens with zero attached hydrogens (tertiary/aromatic N) is 3. The standard InChI is InChI=1S/C14H13N5O/c1-20-12-6-5-9(8-10(12)15)13-17-14(19-18-13)11-4-2-3-7-16-11/h2-8H,15H2,1H3,(H,17,18,19). The monoisotopic (exact) mass is 267 g/mol. The van der Waals surface area contributed by atoms with E-state index in [1.807, 2.05) is 24.3 Å². The van der Waals surface area contributed by atoms with Gasteiger partial charge in [-0.3, -0.25) is 10.1 Å². The Bertz CT molecular complexity index is 723. The molecule has 0 aliphatic rings. The molecule has 0 fully saturated rings. The fourth-order valence-electron chi connectivity index (χ4n) is 1.88. The Morgan fingerprint density at radius 3 is 2.80 bits per heavy atom. The van der Waals surface area contributed by atoms with Gasteiger partial charge in [0.1, 0.15) is 11.4 Å². The van der Waals surface area contributed by atoms with Crippen LogP contribution in [0.5, 0.6) is 5.75 Å². The molecule has 0 unspecified atom stereocenters. The molecule has 3 N–H and O–H groups in total. The van der Waals surface area contributed by atoms with Gasteiger partial charge in [0.25, 0.3) is 0 Å². The Morgan fingerprint density at radius 1 is 1.20 bits per heavy atom. The highest BCUT2D eigenvalue weighted by molar-refractivity contribution is 5.67. The van der Waals surface area contributed by atoms with Crippen LogP contribution in [0.2, 0.25) is 0 Å². The van der Waals surface area contributed by atoms with Crippen molar-refractivity contribution < 1.29 is 4.74 Å². The summed E-state index contributed by atoms with van der Waals surface area (Å²) in [4.78, 5) is 8.64. The first kappa shape index (κ1) is 12.2. The normalized spacial score (nSPS) is 10.4. The van der Waals surface area contributed by atoms with Crippen LogP contribution < -0.4 is 10.5 Å². The van der Waals surface area contributed by atoms with E-state index in [9.17, 15) is 0 Å². The maximum Gasteiger partial charge on any atom is 0.181 e. The number of nitrogen functional groups attached to an aromatic ring is 1. The van der Waals surface area contributed by atoms with E-state index in [2.05, 4.69) is 20.2 Å². The summed E-state index contributed by atoms with van der Waals surface area (Å²) in [5.41, 5.74) is 8.00. The molecule has 6 heteroatoms. The summed E-state index contributed by atoms with van der Waals surface area (Å²) in [7, 11) is 1.58. The van der Waals surface area contributed by atoms with E-state index < -0.39 is 0 Å². The van der Waals surface area contributed by atoms with Gasteiger partial charge in [0.2, 0.25) is 0 Å². The van der Waals surface area contributed by atoms with Crippen molar-refractivity contribution in [3.8, 4) is 28.7 Å². The molecular weight excluding hydrogens is 254 g/mol. The Balaban J connectivity index is 1.96. The molecular formula is C14H13N5O. The highest BCUT2D eigenvalue weighted by Gasteiger charge is 2.10. The zero-order chi connectivity index (χ0) is 13.9. The third kappa shape index (κ3) is 2.18. The quantitative estimate of drug-likeness (QED) is 0.709. The van der Waals surface area contributed by atoms with Crippen LogP contribution in [-0.4, -0.2) is 27.3 Å². The minimum Gasteiger partial charge on any atom is -0.495 e. The average Bonchev–Trinajstić information content (AvgIpc) is 2.98. The lowest BCUT2D eigenvalue weighted by atomic mass is 10.2. The van der Waals surface area contributed by atoms with E-state index in [1.54, 1.807) is 25.4 Å². The van der Waals surface area contributed by atoms with E-state index in [0.29, 0.717) is 23.1 Å². The van der Waals surface area contributed by atoms with Gasteiger partial charge < -0.3 is 10.5 Å². The van der Waals surface area contributed by atoms with Gasteiger partial charge in [-0.25, -0.2) is 4.98 Å². The topological polar surface area (TPSA) is 89.7 Å². The number of hydrogen-bond acceptors (Lipinski definition) is 5. The van der Waals surface area contributed by atoms with Gasteiger partial charge in [-0.05, 0) is 30.3 Å². The van der Waals surface area contributed by atoms with Crippen molar-refractivity contribution in [2.24, 2.45) is 0 Å². The summed E-state index contributed by atoms with van der Waals surface area (Å²) >= 11 is 0. The largest absolute Gasteiger partial charge is 0.495 e. The molecule has 3 aromatic rings. The Kier molecular flexibility index (Phi) is 3.04. The summed E-state index contributed by atoms with van der Waals surface area (Å²) in [6, 6.07) is 11.1. The van der Waals surface area contributed by atoms with Gasteiger partial charge in [0.05, 0.1) is 12.8 Å². The zero-order valence-electron chi connectivity index (χ0n) is 10.9. The Morgan fingerprint density at radius 2 is 2.10 bits per heavy atom. The molecule has 0 radical (unpaired) electrons. The van der Waals surface area contributed by atoms with Crippen LogP contribution in [-0.2, 0) is 0 Å². The average molecular weight is 267 g/mol. The van der Waals surface area contributed by atoms with Crippen molar-refractivity contribution in [1.29, 1.82) is 0 Å². The van der Waals surface area contributed by atoms with Crippen LogP contribution in [0.4, 0.5) is 5.69 Å². The van der Waals surface area contributed by atoms with E-state index in [-0.39, 0.29) is 0 Å². The summed E-state index contributed by atoms with van der Waals surface area (Å²) in [6.07, 6.45) is 1.71. The fraction of sp³-hybridized carbons (Fsp3) is 0.0714. The van der Waals surface area contributed by atoms with Crippen LogP contribution >= 0.6 is 0 Å². The molecule has 0 saturated heterocycles. The number of anilines is 1. The Hall–Kier alpha value is -2.89. The number of ether oxygens (including phenoxy) is 1. The first-order valence-corrected chi connectivity index (χ1v) is 6.05. The fourth-order valence-corrected chi connectivity index (χ4v) is 1.88. The lowest BCUT2D eigenvalue weighted by Gasteiger charge is -2.04. The van der Waals surface area contributed by atoms with Crippen LogP contribution in [0, 0.1) is 0 Å².